The number of nitrogens with one attached hydrogen (secondary N) is 1. The third-order valence-electron chi connectivity index (χ3n) is 4.15. The predicted molar refractivity (Wildman–Crippen MR) is 92.4 cm³/mol. The van der Waals surface area contributed by atoms with Crippen molar-refractivity contribution in [1.29, 1.82) is 0 Å². The lowest BCUT2D eigenvalue weighted by molar-refractivity contribution is -0.116. The van der Waals surface area contributed by atoms with Gasteiger partial charge in [-0.05, 0) is 37.1 Å². The second kappa shape index (κ2) is 6.66. The summed E-state index contributed by atoms with van der Waals surface area (Å²) in [4.78, 5) is 12.2. The number of carbonyl (C=O) groups is 1. The van der Waals surface area contributed by atoms with Gasteiger partial charge in [-0.1, -0.05) is 6.07 Å². The van der Waals surface area contributed by atoms with Crippen molar-refractivity contribution in [1.82, 2.24) is 14.1 Å². The summed E-state index contributed by atoms with van der Waals surface area (Å²) < 4.78 is 27.8. The SMILES string of the molecule is CC(C1CC1)n1nccc1NC(=O)CN(C)S(=O)(=O)c1cccs1. The lowest BCUT2D eigenvalue weighted by Gasteiger charge is -2.18. The summed E-state index contributed by atoms with van der Waals surface area (Å²) in [5.74, 6) is 0.811. The van der Waals surface area contributed by atoms with E-state index in [2.05, 4.69) is 17.3 Å². The van der Waals surface area contributed by atoms with Crippen LogP contribution in [0.4, 0.5) is 5.82 Å². The van der Waals surface area contributed by atoms with Crippen molar-refractivity contribution in [2.24, 2.45) is 5.92 Å². The molecule has 7 nitrogen and oxygen atoms in total. The van der Waals surface area contributed by atoms with E-state index in [1.165, 1.54) is 26.0 Å². The number of sulfonamides is 1. The second-order valence-electron chi connectivity index (χ2n) is 5.98. The van der Waals surface area contributed by atoms with Gasteiger partial charge in [0.1, 0.15) is 10.0 Å². The molecule has 0 aromatic carbocycles. The van der Waals surface area contributed by atoms with Gasteiger partial charge in [-0.15, -0.1) is 11.3 Å². The topological polar surface area (TPSA) is 84.3 Å². The van der Waals surface area contributed by atoms with Gasteiger partial charge in [0.2, 0.25) is 5.91 Å². The summed E-state index contributed by atoms with van der Waals surface area (Å²) >= 11 is 1.13. The molecule has 1 unspecified atom stereocenters. The molecule has 2 aromatic rings. The number of thiophene rings is 1. The zero-order valence-corrected chi connectivity index (χ0v) is 15.2. The molecule has 0 spiro atoms. The highest BCUT2D eigenvalue weighted by Gasteiger charge is 2.31. The van der Waals surface area contributed by atoms with Crippen LogP contribution < -0.4 is 5.32 Å². The lowest BCUT2D eigenvalue weighted by Crippen LogP contribution is -2.35. The zero-order chi connectivity index (χ0) is 17.3. The molecule has 130 valence electrons. The molecule has 2 heterocycles. The number of amides is 1. The van der Waals surface area contributed by atoms with Gasteiger partial charge < -0.3 is 5.32 Å². The molecular formula is C15H20N4O3S2. The Bertz CT molecular complexity index is 810. The highest BCUT2D eigenvalue weighted by atomic mass is 32.2. The molecule has 1 N–H and O–H groups in total. The first-order chi connectivity index (χ1) is 11.4. The number of hydrogen-bond acceptors (Lipinski definition) is 5. The van der Waals surface area contributed by atoms with E-state index in [9.17, 15) is 13.2 Å². The highest BCUT2D eigenvalue weighted by Crippen LogP contribution is 2.40. The summed E-state index contributed by atoms with van der Waals surface area (Å²) in [5.41, 5.74) is 0. The van der Waals surface area contributed by atoms with Gasteiger partial charge in [0.25, 0.3) is 10.0 Å². The van der Waals surface area contributed by atoms with Crippen molar-refractivity contribution >= 4 is 33.1 Å². The Kier molecular flexibility index (Phi) is 4.75. The normalized spacial score (nSPS) is 16.3. The van der Waals surface area contributed by atoms with Crippen molar-refractivity contribution in [3.8, 4) is 0 Å². The van der Waals surface area contributed by atoms with Gasteiger partial charge >= 0.3 is 0 Å². The van der Waals surface area contributed by atoms with Crippen LogP contribution in [-0.4, -0.2) is 42.0 Å². The van der Waals surface area contributed by atoms with Gasteiger partial charge in [-0.25, -0.2) is 13.1 Å². The Balaban J connectivity index is 1.65. The van der Waals surface area contributed by atoms with Crippen LogP contribution in [0.5, 0.6) is 0 Å². The third kappa shape index (κ3) is 3.52. The highest BCUT2D eigenvalue weighted by molar-refractivity contribution is 7.91. The maximum Gasteiger partial charge on any atom is 0.252 e. The molecule has 3 rings (SSSR count). The average Bonchev–Trinajstić information content (AvgIpc) is 3.04. The first kappa shape index (κ1) is 17.1. The van der Waals surface area contributed by atoms with Crippen LogP contribution in [0.3, 0.4) is 0 Å². The Hall–Kier alpha value is -1.71. The smallest absolute Gasteiger partial charge is 0.252 e. The average molecular weight is 368 g/mol. The van der Waals surface area contributed by atoms with Crippen molar-refractivity contribution in [2.75, 3.05) is 18.9 Å². The Labute approximate surface area is 145 Å². The van der Waals surface area contributed by atoms with Crippen molar-refractivity contribution in [3.63, 3.8) is 0 Å². The van der Waals surface area contributed by atoms with E-state index in [-0.39, 0.29) is 22.7 Å². The van der Waals surface area contributed by atoms with Crippen LogP contribution in [0.25, 0.3) is 0 Å². The standard InChI is InChI=1S/C15H20N4O3S2/c1-11(12-5-6-12)19-13(7-8-16-19)17-14(20)10-18(2)24(21,22)15-4-3-9-23-15/h3-4,7-9,11-12H,5-6,10H2,1-2H3,(H,17,20). The zero-order valence-electron chi connectivity index (χ0n) is 13.5. The lowest BCUT2D eigenvalue weighted by atomic mass is 10.2. The van der Waals surface area contributed by atoms with Crippen LogP contribution in [0, 0.1) is 5.92 Å². The molecular weight excluding hydrogens is 348 g/mol. The molecule has 1 amide bonds. The van der Waals surface area contributed by atoms with Crippen LogP contribution in [0.1, 0.15) is 25.8 Å². The van der Waals surface area contributed by atoms with Crippen molar-refractivity contribution in [3.05, 3.63) is 29.8 Å². The minimum Gasteiger partial charge on any atom is -0.310 e. The van der Waals surface area contributed by atoms with Gasteiger partial charge in [-0.2, -0.15) is 9.40 Å². The van der Waals surface area contributed by atoms with E-state index >= 15 is 0 Å². The van der Waals surface area contributed by atoms with Crippen LogP contribution in [0.15, 0.2) is 34.0 Å². The van der Waals surface area contributed by atoms with E-state index in [0.717, 1.165) is 15.6 Å². The van der Waals surface area contributed by atoms with E-state index in [0.29, 0.717) is 11.7 Å². The number of carbonyl (C=O) groups excluding carboxylic acids is 1. The molecule has 1 aliphatic rings. The maximum atomic E-state index is 12.3. The number of rotatable bonds is 7. The van der Waals surface area contributed by atoms with E-state index in [1.54, 1.807) is 28.4 Å². The molecule has 2 aromatic heterocycles. The van der Waals surface area contributed by atoms with Gasteiger partial charge in [0.05, 0.1) is 18.8 Å². The number of likely N-dealkylation sites (N-methyl/N-ethyl adjacent to an activating group) is 1. The first-order valence-electron chi connectivity index (χ1n) is 7.73. The molecule has 0 saturated heterocycles. The quantitative estimate of drug-likeness (QED) is 0.812. The molecule has 0 bridgehead atoms. The number of anilines is 1. The predicted octanol–water partition coefficient (Wildman–Crippen LogP) is 2.17. The molecule has 1 aliphatic carbocycles. The van der Waals surface area contributed by atoms with Crippen molar-refractivity contribution < 1.29 is 13.2 Å². The molecule has 1 atom stereocenters. The molecule has 0 radical (unpaired) electrons. The molecule has 9 heteroatoms. The fraction of sp³-hybridized carbons (Fsp3) is 0.467. The van der Waals surface area contributed by atoms with Gasteiger partial charge in [0.15, 0.2) is 0 Å². The minimum absolute atomic E-state index is 0.225. The number of hydrogen-bond donors (Lipinski definition) is 1. The number of nitrogens with zero attached hydrogens (tertiary/aromatic N) is 3. The van der Waals surface area contributed by atoms with E-state index in [4.69, 9.17) is 0 Å². The summed E-state index contributed by atoms with van der Waals surface area (Å²) in [7, 11) is -2.23. The maximum absolute atomic E-state index is 12.3. The monoisotopic (exact) mass is 368 g/mol. The molecule has 1 saturated carbocycles. The fourth-order valence-corrected chi connectivity index (χ4v) is 4.88. The van der Waals surface area contributed by atoms with Crippen LogP contribution in [-0.2, 0) is 14.8 Å². The Morgan fingerprint density at radius 2 is 2.25 bits per heavy atom. The van der Waals surface area contributed by atoms with E-state index in [1.807, 2.05) is 0 Å². The minimum atomic E-state index is -3.63. The summed E-state index contributed by atoms with van der Waals surface area (Å²) in [6.45, 7) is 1.83. The fourth-order valence-electron chi connectivity index (χ4n) is 2.55. The first-order valence-corrected chi connectivity index (χ1v) is 10.0. The Morgan fingerprint density at radius 3 is 2.88 bits per heavy atom. The molecule has 1 fully saturated rings. The second-order valence-corrected chi connectivity index (χ2v) is 9.20. The van der Waals surface area contributed by atoms with E-state index < -0.39 is 10.0 Å². The third-order valence-corrected chi connectivity index (χ3v) is 7.33. The van der Waals surface area contributed by atoms with Gasteiger partial charge in [-0.3, -0.25) is 4.79 Å². The van der Waals surface area contributed by atoms with Gasteiger partial charge in [0, 0.05) is 13.1 Å². The number of aromatic nitrogens is 2. The van der Waals surface area contributed by atoms with Crippen molar-refractivity contribution in [2.45, 2.75) is 30.0 Å². The molecule has 0 aliphatic heterocycles. The summed E-state index contributed by atoms with van der Waals surface area (Å²) in [6, 6.07) is 5.15. The largest absolute Gasteiger partial charge is 0.310 e. The summed E-state index contributed by atoms with van der Waals surface area (Å²) in [5, 5.41) is 8.72. The summed E-state index contributed by atoms with van der Waals surface area (Å²) in [6.07, 6.45) is 3.99. The van der Waals surface area contributed by atoms with Crippen LogP contribution >= 0.6 is 11.3 Å². The molecule has 24 heavy (non-hydrogen) atoms. The van der Waals surface area contributed by atoms with Crippen LogP contribution in [0.2, 0.25) is 0 Å². The Morgan fingerprint density at radius 1 is 1.50 bits per heavy atom.